The second-order valence-corrected chi connectivity index (χ2v) is 9.12. The fourth-order valence-corrected chi connectivity index (χ4v) is 3.19. The van der Waals surface area contributed by atoms with Gasteiger partial charge in [-0.05, 0) is 68.0 Å². The zero-order valence-electron chi connectivity index (χ0n) is 20.8. The lowest BCUT2D eigenvalue weighted by atomic mass is 10.0. The Morgan fingerprint density at radius 2 is 1.06 bits per heavy atom. The van der Waals surface area contributed by atoms with E-state index in [1.165, 1.54) is 11.1 Å². The van der Waals surface area contributed by atoms with E-state index in [2.05, 4.69) is 38.3 Å². The summed E-state index contributed by atoms with van der Waals surface area (Å²) < 4.78 is 11.5. The molecule has 6 heteroatoms. The van der Waals surface area contributed by atoms with Crippen LogP contribution in [0.25, 0.3) is 0 Å². The third kappa shape index (κ3) is 8.44. The summed E-state index contributed by atoms with van der Waals surface area (Å²) in [6.07, 6.45) is -1.29. The van der Waals surface area contributed by atoms with Crippen LogP contribution < -0.4 is 20.1 Å². The van der Waals surface area contributed by atoms with Gasteiger partial charge in [0.05, 0.1) is 0 Å². The zero-order chi connectivity index (χ0) is 24.5. The molecule has 0 fully saturated rings. The standard InChI is InChI=1S/C27H38N2O4/c1-17(2)22-8-12-24(13-9-22)32-20(6)26(30)28-16-19(5)29-27(31)21(7)33-25-14-10-23(11-15-25)18(3)4/h8-15,17-21H,16H2,1-7H3,(H,28,30)(H,29,31)/t19-,20-,21+/m1/s1. The first-order valence-electron chi connectivity index (χ1n) is 11.7. The Hall–Kier alpha value is -3.02. The Kier molecular flexibility index (Phi) is 9.76. The Bertz CT molecular complexity index is 891. The van der Waals surface area contributed by atoms with E-state index in [-0.39, 0.29) is 17.9 Å². The van der Waals surface area contributed by atoms with Gasteiger partial charge in [0, 0.05) is 12.6 Å². The van der Waals surface area contributed by atoms with Crippen molar-refractivity contribution in [1.29, 1.82) is 0 Å². The van der Waals surface area contributed by atoms with E-state index in [0.717, 1.165) is 0 Å². The SMILES string of the molecule is CC(C)c1ccc(O[C@@H](C)C(=O)N[C@H](C)CNC(=O)[C@@H](C)Oc2ccc(C(C)C)cc2)cc1. The lowest BCUT2D eigenvalue weighted by Crippen LogP contribution is -2.48. The van der Waals surface area contributed by atoms with Crippen molar-refractivity contribution in [3.63, 3.8) is 0 Å². The number of carbonyl (C=O) groups is 2. The van der Waals surface area contributed by atoms with E-state index in [4.69, 9.17) is 9.47 Å². The van der Waals surface area contributed by atoms with E-state index in [1.54, 1.807) is 13.8 Å². The van der Waals surface area contributed by atoms with E-state index in [9.17, 15) is 9.59 Å². The molecule has 0 heterocycles. The number of amides is 2. The molecule has 0 unspecified atom stereocenters. The number of carbonyl (C=O) groups excluding carboxylic acids is 2. The quantitative estimate of drug-likeness (QED) is 0.512. The summed E-state index contributed by atoms with van der Waals surface area (Å²) in [5.74, 6) is 1.70. The van der Waals surface area contributed by atoms with Crippen LogP contribution in [0.1, 0.15) is 71.4 Å². The van der Waals surface area contributed by atoms with Crippen LogP contribution in [0.2, 0.25) is 0 Å². The van der Waals surface area contributed by atoms with Gasteiger partial charge in [0.25, 0.3) is 11.8 Å². The minimum absolute atomic E-state index is 0.237. The first kappa shape index (κ1) is 26.2. The van der Waals surface area contributed by atoms with Gasteiger partial charge in [0.15, 0.2) is 12.2 Å². The summed E-state index contributed by atoms with van der Waals surface area (Å²) >= 11 is 0. The molecular weight excluding hydrogens is 416 g/mol. The summed E-state index contributed by atoms with van der Waals surface area (Å²) in [6, 6.07) is 15.3. The highest BCUT2D eigenvalue weighted by atomic mass is 16.5. The van der Waals surface area contributed by atoms with Crippen molar-refractivity contribution in [2.45, 2.75) is 78.6 Å². The van der Waals surface area contributed by atoms with Crippen molar-refractivity contribution in [1.82, 2.24) is 10.6 Å². The van der Waals surface area contributed by atoms with Gasteiger partial charge in [-0.15, -0.1) is 0 Å². The highest BCUT2D eigenvalue weighted by Crippen LogP contribution is 2.20. The summed E-state index contributed by atoms with van der Waals surface area (Å²) in [6.45, 7) is 14.0. The predicted octanol–water partition coefficient (Wildman–Crippen LogP) is 4.79. The smallest absolute Gasteiger partial charge is 0.261 e. The predicted molar refractivity (Wildman–Crippen MR) is 132 cm³/mol. The van der Waals surface area contributed by atoms with Crippen LogP contribution in [0.15, 0.2) is 48.5 Å². The number of hydrogen-bond acceptors (Lipinski definition) is 4. The van der Waals surface area contributed by atoms with E-state index >= 15 is 0 Å². The molecule has 0 saturated carbocycles. The van der Waals surface area contributed by atoms with Crippen molar-refractivity contribution in [3.05, 3.63) is 59.7 Å². The monoisotopic (exact) mass is 454 g/mol. The maximum atomic E-state index is 12.5. The molecule has 2 rings (SSSR count). The molecule has 0 radical (unpaired) electrons. The molecule has 2 aromatic rings. The summed E-state index contributed by atoms with van der Waals surface area (Å²) in [4.78, 5) is 24.8. The zero-order valence-corrected chi connectivity index (χ0v) is 20.8. The Labute approximate surface area is 198 Å². The highest BCUT2D eigenvalue weighted by molar-refractivity contribution is 5.82. The maximum absolute atomic E-state index is 12.5. The number of nitrogens with one attached hydrogen (secondary N) is 2. The Morgan fingerprint density at radius 3 is 1.45 bits per heavy atom. The molecule has 2 N–H and O–H groups in total. The highest BCUT2D eigenvalue weighted by Gasteiger charge is 2.19. The third-order valence-electron chi connectivity index (χ3n) is 5.43. The average Bonchev–Trinajstić information content (AvgIpc) is 2.78. The van der Waals surface area contributed by atoms with Gasteiger partial charge >= 0.3 is 0 Å². The van der Waals surface area contributed by atoms with E-state index in [1.807, 2.05) is 55.5 Å². The van der Waals surface area contributed by atoms with E-state index < -0.39 is 12.2 Å². The number of ether oxygens (including phenoxy) is 2. The Balaban J connectivity index is 1.75. The van der Waals surface area contributed by atoms with Crippen LogP contribution in [0, 0.1) is 0 Å². The van der Waals surface area contributed by atoms with Crippen LogP contribution in [-0.4, -0.2) is 36.6 Å². The maximum Gasteiger partial charge on any atom is 0.261 e. The second kappa shape index (κ2) is 12.3. The topological polar surface area (TPSA) is 76.7 Å². The van der Waals surface area contributed by atoms with Gasteiger partial charge in [-0.2, -0.15) is 0 Å². The fourth-order valence-electron chi connectivity index (χ4n) is 3.19. The molecule has 0 bridgehead atoms. The minimum atomic E-state index is -0.649. The number of rotatable bonds is 11. The van der Waals surface area contributed by atoms with Crippen LogP contribution in [-0.2, 0) is 9.59 Å². The molecule has 0 aliphatic heterocycles. The molecule has 0 aliphatic rings. The number of hydrogen-bond donors (Lipinski definition) is 2. The second-order valence-electron chi connectivity index (χ2n) is 9.12. The van der Waals surface area contributed by atoms with Crippen molar-refractivity contribution in [2.75, 3.05) is 6.54 Å². The van der Waals surface area contributed by atoms with Crippen molar-refractivity contribution in [2.24, 2.45) is 0 Å². The lowest BCUT2D eigenvalue weighted by molar-refractivity contribution is -0.129. The summed E-state index contributed by atoms with van der Waals surface area (Å²) in [5.41, 5.74) is 2.43. The molecule has 180 valence electrons. The van der Waals surface area contributed by atoms with Crippen molar-refractivity contribution in [3.8, 4) is 11.5 Å². The Morgan fingerprint density at radius 1 is 0.667 bits per heavy atom. The van der Waals surface area contributed by atoms with Crippen molar-refractivity contribution < 1.29 is 19.1 Å². The van der Waals surface area contributed by atoms with Gasteiger partial charge in [-0.1, -0.05) is 52.0 Å². The molecular formula is C27H38N2O4. The molecule has 0 aromatic heterocycles. The van der Waals surface area contributed by atoms with E-state index in [0.29, 0.717) is 29.9 Å². The van der Waals surface area contributed by atoms with Crippen molar-refractivity contribution >= 4 is 11.8 Å². The van der Waals surface area contributed by atoms with Crippen LogP contribution in [0.5, 0.6) is 11.5 Å². The number of benzene rings is 2. The average molecular weight is 455 g/mol. The fraction of sp³-hybridized carbons (Fsp3) is 0.481. The van der Waals surface area contributed by atoms with Gasteiger partial charge < -0.3 is 20.1 Å². The van der Waals surface area contributed by atoms with Gasteiger partial charge in [0.2, 0.25) is 0 Å². The molecule has 2 amide bonds. The van der Waals surface area contributed by atoms with Crippen LogP contribution in [0.4, 0.5) is 0 Å². The molecule has 0 saturated heterocycles. The first-order chi connectivity index (χ1) is 15.6. The molecule has 2 aromatic carbocycles. The summed E-state index contributed by atoms with van der Waals surface area (Å²) in [5, 5.41) is 5.69. The minimum Gasteiger partial charge on any atom is -0.481 e. The lowest BCUT2D eigenvalue weighted by Gasteiger charge is -2.20. The normalized spacial score (nSPS) is 13.8. The molecule has 3 atom stereocenters. The molecule has 6 nitrogen and oxygen atoms in total. The van der Waals surface area contributed by atoms with Crippen LogP contribution >= 0.6 is 0 Å². The first-order valence-corrected chi connectivity index (χ1v) is 11.7. The molecule has 0 spiro atoms. The third-order valence-corrected chi connectivity index (χ3v) is 5.43. The van der Waals surface area contributed by atoms with Gasteiger partial charge in [0.1, 0.15) is 11.5 Å². The molecule has 0 aliphatic carbocycles. The summed E-state index contributed by atoms with van der Waals surface area (Å²) in [7, 11) is 0. The largest absolute Gasteiger partial charge is 0.481 e. The molecule has 33 heavy (non-hydrogen) atoms. The van der Waals surface area contributed by atoms with Crippen LogP contribution in [0.3, 0.4) is 0 Å². The van der Waals surface area contributed by atoms with Gasteiger partial charge in [-0.3, -0.25) is 9.59 Å². The van der Waals surface area contributed by atoms with Gasteiger partial charge in [-0.25, -0.2) is 0 Å².